The van der Waals surface area contributed by atoms with Gasteiger partial charge in [0.05, 0.1) is 30.2 Å². The smallest absolute Gasteiger partial charge is 0.335 e. The quantitative estimate of drug-likeness (QED) is 0.293. The predicted octanol–water partition coefficient (Wildman–Crippen LogP) is 1.10. The number of fused-ring (bicyclic) bond motifs is 5. The molecule has 13 atom stereocenters. The SMILES string of the molecule is C[C@@H]1O[C@@H](O[C@@H]2C=C3CC[C@]4(O)[C@H](C[C@@H](O)[C@]5(C)[C@@H](c6ccc(=O)oc6)CC[C@@]54O)[C@@]3(C)CC2)[C@H](O)[C@H](O)[C@H]1O. The van der Waals surface area contributed by atoms with Crippen molar-refractivity contribution in [2.75, 3.05) is 0 Å². The average molecular weight is 563 g/mol. The summed E-state index contributed by atoms with van der Waals surface area (Å²) in [7, 11) is 0. The van der Waals surface area contributed by atoms with Crippen LogP contribution >= 0.6 is 0 Å². The number of aliphatic hydroxyl groups excluding tert-OH is 4. The van der Waals surface area contributed by atoms with E-state index >= 15 is 0 Å². The van der Waals surface area contributed by atoms with Crippen LogP contribution in [0.5, 0.6) is 0 Å². The summed E-state index contributed by atoms with van der Waals surface area (Å²) in [5.74, 6) is -0.677. The first-order chi connectivity index (χ1) is 18.8. The lowest BCUT2D eigenvalue weighted by Gasteiger charge is -2.67. The highest BCUT2D eigenvalue weighted by atomic mass is 16.7. The molecule has 2 heterocycles. The fourth-order valence-corrected chi connectivity index (χ4v) is 9.20. The first-order valence-corrected chi connectivity index (χ1v) is 14.5. The van der Waals surface area contributed by atoms with Gasteiger partial charge in [-0.05, 0) is 74.8 Å². The largest absolute Gasteiger partial charge is 0.431 e. The van der Waals surface area contributed by atoms with E-state index in [1.54, 1.807) is 13.0 Å². The third-order valence-corrected chi connectivity index (χ3v) is 11.7. The Bertz CT molecular complexity index is 1210. The summed E-state index contributed by atoms with van der Waals surface area (Å²) in [4.78, 5) is 11.6. The lowest BCUT2D eigenvalue weighted by atomic mass is 9.42. The second kappa shape index (κ2) is 9.44. The fraction of sp³-hybridized carbons (Fsp3) is 0.767. The van der Waals surface area contributed by atoms with E-state index in [4.69, 9.17) is 13.9 Å². The minimum Gasteiger partial charge on any atom is -0.431 e. The number of rotatable bonds is 3. The van der Waals surface area contributed by atoms with Crippen molar-refractivity contribution in [2.24, 2.45) is 16.7 Å². The summed E-state index contributed by atoms with van der Waals surface area (Å²) >= 11 is 0. The van der Waals surface area contributed by atoms with E-state index < -0.39 is 76.5 Å². The van der Waals surface area contributed by atoms with Gasteiger partial charge in [-0.1, -0.05) is 25.5 Å². The molecule has 1 saturated heterocycles. The molecule has 1 aromatic heterocycles. The van der Waals surface area contributed by atoms with Crippen molar-refractivity contribution in [1.82, 2.24) is 0 Å². The Balaban J connectivity index is 1.27. The zero-order valence-corrected chi connectivity index (χ0v) is 23.3. The summed E-state index contributed by atoms with van der Waals surface area (Å²) in [5, 5.41) is 67.2. The van der Waals surface area contributed by atoms with Gasteiger partial charge in [0.15, 0.2) is 6.29 Å². The Morgan fingerprint density at radius 3 is 2.42 bits per heavy atom. The Kier molecular flexibility index (Phi) is 6.72. The molecule has 1 aromatic rings. The maximum Gasteiger partial charge on any atom is 0.335 e. The van der Waals surface area contributed by atoms with Crippen molar-refractivity contribution < 1.29 is 44.5 Å². The van der Waals surface area contributed by atoms with Gasteiger partial charge in [-0.25, -0.2) is 4.79 Å². The van der Waals surface area contributed by atoms with Crippen LogP contribution in [-0.4, -0.2) is 84.8 Å². The first-order valence-electron chi connectivity index (χ1n) is 14.5. The number of hydrogen-bond acceptors (Lipinski definition) is 10. The number of aliphatic hydroxyl groups is 6. The molecule has 0 unspecified atom stereocenters. The molecule has 0 bridgehead atoms. The maximum absolute atomic E-state index is 12.5. The number of hydrogen-bond donors (Lipinski definition) is 6. The molecule has 10 heteroatoms. The van der Waals surface area contributed by atoms with Gasteiger partial charge >= 0.3 is 5.63 Å². The molecule has 0 radical (unpaired) electrons. The van der Waals surface area contributed by atoms with Gasteiger partial charge < -0.3 is 44.5 Å². The summed E-state index contributed by atoms with van der Waals surface area (Å²) in [6.45, 7) is 5.56. The maximum atomic E-state index is 12.5. The molecule has 0 amide bonds. The van der Waals surface area contributed by atoms with Crippen LogP contribution in [0.1, 0.15) is 77.2 Å². The van der Waals surface area contributed by atoms with Crippen molar-refractivity contribution in [3.05, 3.63) is 46.0 Å². The molecule has 0 spiro atoms. The van der Waals surface area contributed by atoms with E-state index in [2.05, 4.69) is 6.92 Å². The molecule has 3 saturated carbocycles. The average Bonchev–Trinajstić information content (AvgIpc) is 3.21. The molecule has 4 fully saturated rings. The minimum absolute atomic E-state index is 0.283. The van der Waals surface area contributed by atoms with Gasteiger partial charge in [-0.2, -0.15) is 0 Å². The van der Waals surface area contributed by atoms with Gasteiger partial charge in [0, 0.05) is 17.4 Å². The minimum atomic E-state index is -1.54. The summed E-state index contributed by atoms with van der Waals surface area (Å²) < 4.78 is 16.8. The lowest BCUT2D eigenvalue weighted by molar-refractivity contribution is -0.307. The predicted molar refractivity (Wildman–Crippen MR) is 141 cm³/mol. The van der Waals surface area contributed by atoms with Crippen molar-refractivity contribution in [2.45, 2.75) is 126 Å². The van der Waals surface area contributed by atoms with Crippen LogP contribution in [0.25, 0.3) is 0 Å². The van der Waals surface area contributed by atoms with Gasteiger partial charge in [-0.15, -0.1) is 0 Å². The molecule has 4 aliphatic carbocycles. The Hall–Kier alpha value is -1.63. The highest BCUT2D eigenvalue weighted by Gasteiger charge is 2.76. The van der Waals surface area contributed by atoms with Gasteiger partial charge in [-0.3, -0.25) is 0 Å². The summed E-state index contributed by atoms with van der Waals surface area (Å²) in [5.41, 5.74) is -3.14. The molecule has 0 aromatic carbocycles. The Labute approximate surface area is 233 Å². The normalized spacial score (nSPS) is 52.3. The molecule has 6 N–H and O–H groups in total. The molecule has 1 aliphatic heterocycles. The van der Waals surface area contributed by atoms with Crippen LogP contribution in [0.3, 0.4) is 0 Å². The van der Waals surface area contributed by atoms with Crippen LogP contribution in [-0.2, 0) is 9.47 Å². The topological polar surface area (TPSA) is 170 Å². The third kappa shape index (κ3) is 3.74. The van der Waals surface area contributed by atoms with E-state index in [0.717, 1.165) is 11.1 Å². The highest BCUT2D eigenvalue weighted by molar-refractivity contribution is 5.36. The fourth-order valence-electron chi connectivity index (χ4n) is 9.20. The van der Waals surface area contributed by atoms with E-state index in [0.29, 0.717) is 44.9 Å². The van der Waals surface area contributed by atoms with Crippen molar-refractivity contribution >= 4 is 0 Å². The molecule has 222 valence electrons. The Morgan fingerprint density at radius 1 is 0.975 bits per heavy atom. The van der Waals surface area contributed by atoms with Crippen molar-refractivity contribution in [3.63, 3.8) is 0 Å². The van der Waals surface area contributed by atoms with Crippen molar-refractivity contribution in [3.8, 4) is 0 Å². The molecule has 10 nitrogen and oxygen atoms in total. The van der Waals surface area contributed by atoms with E-state index in [9.17, 15) is 35.4 Å². The summed E-state index contributed by atoms with van der Waals surface area (Å²) in [6, 6.07) is 3.04. The van der Waals surface area contributed by atoms with Crippen LogP contribution in [0.4, 0.5) is 0 Å². The van der Waals surface area contributed by atoms with E-state index in [1.165, 1.54) is 12.3 Å². The van der Waals surface area contributed by atoms with E-state index in [-0.39, 0.29) is 5.92 Å². The zero-order valence-electron chi connectivity index (χ0n) is 23.3. The molecule has 40 heavy (non-hydrogen) atoms. The van der Waals surface area contributed by atoms with Crippen molar-refractivity contribution in [1.29, 1.82) is 0 Å². The molecule has 6 rings (SSSR count). The van der Waals surface area contributed by atoms with Crippen LogP contribution in [0, 0.1) is 16.7 Å². The molecular formula is C30H42O10. The second-order valence-corrected chi connectivity index (χ2v) is 13.4. The van der Waals surface area contributed by atoms with E-state index in [1.807, 2.05) is 13.0 Å². The van der Waals surface area contributed by atoms with Gasteiger partial charge in [0.2, 0.25) is 0 Å². The molecular weight excluding hydrogens is 520 g/mol. The first kappa shape index (κ1) is 28.5. The van der Waals surface area contributed by atoms with Crippen LogP contribution in [0.2, 0.25) is 0 Å². The monoisotopic (exact) mass is 562 g/mol. The summed E-state index contributed by atoms with van der Waals surface area (Å²) in [6.07, 6.45) is -0.392. The third-order valence-electron chi connectivity index (χ3n) is 11.7. The Morgan fingerprint density at radius 2 is 1.73 bits per heavy atom. The van der Waals surface area contributed by atoms with Gasteiger partial charge in [0.1, 0.15) is 23.9 Å². The van der Waals surface area contributed by atoms with Crippen LogP contribution < -0.4 is 5.63 Å². The lowest BCUT2D eigenvalue weighted by Crippen LogP contribution is -2.75. The molecule has 5 aliphatic rings. The van der Waals surface area contributed by atoms with Gasteiger partial charge in [0.25, 0.3) is 0 Å². The van der Waals surface area contributed by atoms with Crippen LogP contribution in [0.15, 0.2) is 39.3 Å². The number of ether oxygens (including phenoxy) is 2. The number of allylic oxidation sites excluding steroid dienone is 1. The zero-order chi connectivity index (χ0) is 28.8. The second-order valence-electron chi connectivity index (χ2n) is 13.4. The highest BCUT2D eigenvalue weighted by Crippen LogP contribution is 2.71. The standard InChI is InChI=1S/C30H42O10/c1-15-23(33)24(34)25(35)26(39-15)40-18-7-9-27(2)17(12-18)6-10-29(36)20(27)13-21(31)28(3)19(8-11-30(28,29)37)16-4-5-22(32)38-14-16/h4-5,12,14-15,18-21,23-26,31,33-37H,6-11,13H2,1-3H3/t15-,18-,19+,20+,21+,23-,24+,25+,26-,27-,28-,29-,30+/m0/s1.